The first-order chi connectivity index (χ1) is 13.1. The number of imidazole rings is 1. The van der Waals surface area contributed by atoms with Crippen LogP contribution >= 0.6 is 0 Å². The Bertz CT molecular complexity index is 916. The monoisotopic (exact) mass is 367 g/mol. The Balaban J connectivity index is 1.49. The second-order valence-electron chi connectivity index (χ2n) is 6.33. The van der Waals surface area contributed by atoms with Crippen LogP contribution < -0.4 is 14.8 Å². The summed E-state index contributed by atoms with van der Waals surface area (Å²) in [7, 11) is 3.61. The maximum Gasteiger partial charge on any atom is 0.257 e. The van der Waals surface area contributed by atoms with Gasteiger partial charge in [-0.25, -0.2) is 4.98 Å². The van der Waals surface area contributed by atoms with Gasteiger partial charge in [0.05, 0.1) is 18.1 Å². The van der Waals surface area contributed by atoms with Crippen LogP contribution in [0.4, 0.5) is 0 Å². The Morgan fingerprint density at radius 2 is 1.89 bits per heavy atom. The molecule has 3 rings (SSSR count). The molecule has 6 nitrogen and oxygen atoms in total. The second-order valence-corrected chi connectivity index (χ2v) is 6.33. The highest BCUT2D eigenvalue weighted by Crippen LogP contribution is 2.21. The summed E-state index contributed by atoms with van der Waals surface area (Å²) in [4.78, 5) is 16.6. The van der Waals surface area contributed by atoms with E-state index in [0.29, 0.717) is 18.7 Å². The summed E-state index contributed by atoms with van der Waals surface area (Å²) >= 11 is 0. The van der Waals surface area contributed by atoms with Crippen molar-refractivity contribution in [1.29, 1.82) is 0 Å². The molecule has 0 radical (unpaired) electrons. The molecule has 0 saturated carbocycles. The minimum atomic E-state index is -0.144. The lowest BCUT2D eigenvalue weighted by atomic mass is 10.2. The number of hydrogen-bond donors (Lipinski definition) is 1. The van der Waals surface area contributed by atoms with Crippen molar-refractivity contribution in [3.63, 3.8) is 0 Å². The van der Waals surface area contributed by atoms with Gasteiger partial charge in [0.15, 0.2) is 6.61 Å². The van der Waals surface area contributed by atoms with E-state index < -0.39 is 0 Å². The smallest absolute Gasteiger partial charge is 0.257 e. The summed E-state index contributed by atoms with van der Waals surface area (Å²) in [6.45, 7) is 2.61. The van der Waals surface area contributed by atoms with Crippen molar-refractivity contribution < 1.29 is 14.3 Å². The van der Waals surface area contributed by atoms with E-state index >= 15 is 0 Å². The molecule has 2 aromatic carbocycles. The minimum absolute atomic E-state index is 0.00517. The van der Waals surface area contributed by atoms with E-state index in [0.717, 1.165) is 29.0 Å². The Morgan fingerprint density at radius 3 is 2.59 bits per heavy atom. The average Bonchev–Trinajstić information content (AvgIpc) is 3.01. The van der Waals surface area contributed by atoms with E-state index in [2.05, 4.69) is 17.2 Å². The van der Waals surface area contributed by atoms with Gasteiger partial charge in [0, 0.05) is 26.1 Å². The molecule has 0 fully saturated rings. The Morgan fingerprint density at radius 1 is 1.15 bits per heavy atom. The van der Waals surface area contributed by atoms with Crippen LogP contribution in [0.5, 0.6) is 11.5 Å². The van der Waals surface area contributed by atoms with Gasteiger partial charge in [0.1, 0.15) is 17.3 Å². The summed E-state index contributed by atoms with van der Waals surface area (Å²) in [5.41, 5.74) is 3.17. The highest BCUT2D eigenvalue weighted by atomic mass is 16.5. The first kappa shape index (κ1) is 18.8. The number of hydrogen-bond acceptors (Lipinski definition) is 4. The van der Waals surface area contributed by atoms with Gasteiger partial charge in [0.25, 0.3) is 5.91 Å². The summed E-state index contributed by atoms with van der Waals surface area (Å²) in [5.74, 6) is 2.25. The minimum Gasteiger partial charge on any atom is -0.497 e. The number of fused-ring (bicyclic) bond motifs is 1. The molecule has 0 spiro atoms. The lowest BCUT2D eigenvalue weighted by Crippen LogP contribution is -2.31. The van der Waals surface area contributed by atoms with Gasteiger partial charge in [-0.3, -0.25) is 4.79 Å². The van der Waals surface area contributed by atoms with E-state index in [1.165, 1.54) is 5.56 Å². The molecular formula is C21H25N3O3. The predicted molar refractivity (Wildman–Crippen MR) is 105 cm³/mol. The number of aryl methyl sites for hydroxylation is 2. The zero-order chi connectivity index (χ0) is 19.2. The number of methoxy groups -OCH3 is 1. The SMILES string of the molecule is CCc1ccc(OCC(=O)NCCc2nc3cc(OC)ccc3n2C)cc1. The molecule has 27 heavy (non-hydrogen) atoms. The number of carbonyl (C=O) groups excluding carboxylic acids is 1. The lowest BCUT2D eigenvalue weighted by Gasteiger charge is -2.08. The third-order valence-electron chi connectivity index (χ3n) is 4.55. The fraction of sp³-hybridized carbons (Fsp3) is 0.333. The van der Waals surface area contributed by atoms with Gasteiger partial charge in [-0.2, -0.15) is 0 Å². The number of carbonyl (C=O) groups is 1. The van der Waals surface area contributed by atoms with Crippen molar-refractivity contribution in [1.82, 2.24) is 14.9 Å². The van der Waals surface area contributed by atoms with Gasteiger partial charge in [-0.1, -0.05) is 19.1 Å². The molecule has 0 aliphatic heterocycles. The predicted octanol–water partition coefficient (Wildman–Crippen LogP) is 2.88. The van der Waals surface area contributed by atoms with Gasteiger partial charge >= 0.3 is 0 Å². The molecule has 6 heteroatoms. The molecule has 142 valence electrons. The molecule has 0 unspecified atom stereocenters. The van der Waals surface area contributed by atoms with Crippen LogP contribution in [0.15, 0.2) is 42.5 Å². The number of rotatable bonds is 8. The highest BCUT2D eigenvalue weighted by Gasteiger charge is 2.09. The summed E-state index contributed by atoms with van der Waals surface area (Å²) in [6.07, 6.45) is 1.63. The topological polar surface area (TPSA) is 65.4 Å². The first-order valence-corrected chi connectivity index (χ1v) is 9.08. The molecule has 1 N–H and O–H groups in total. The quantitative estimate of drug-likeness (QED) is 0.665. The third-order valence-corrected chi connectivity index (χ3v) is 4.55. The molecule has 0 atom stereocenters. The van der Waals surface area contributed by atoms with Crippen LogP contribution in [0.3, 0.4) is 0 Å². The van der Waals surface area contributed by atoms with E-state index in [1.807, 2.05) is 54.1 Å². The van der Waals surface area contributed by atoms with Crippen LogP contribution in [0.25, 0.3) is 11.0 Å². The number of nitrogens with one attached hydrogen (secondary N) is 1. The number of amides is 1. The molecule has 1 heterocycles. The van der Waals surface area contributed by atoms with Crippen molar-refractivity contribution in [3.8, 4) is 11.5 Å². The Labute approximate surface area is 159 Å². The standard InChI is InChI=1S/C21H25N3O3/c1-4-15-5-7-16(8-6-15)27-14-21(25)22-12-11-20-23-18-13-17(26-3)9-10-19(18)24(20)2/h5-10,13H,4,11-12,14H2,1-3H3,(H,22,25). The number of benzene rings is 2. The molecular weight excluding hydrogens is 342 g/mol. The van der Waals surface area contributed by atoms with Crippen molar-refractivity contribution >= 4 is 16.9 Å². The van der Waals surface area contributed by atoms with Crippen molar-refractivity contribution in [2.45, 2.75) is 19.8 Å². The zero-order valence-corrected chi connectivity index (χ0v) is 16.0. The van der Waals surface area contributed by atoms with Crippen LogP contribution in [0.1, 0.15) is 18.3 Å². The van der Waals surface area contributed by atoms with E-state index in [1.54, 1.807) is 7.11 Å². The normalized spacial score (nSPS) is 10.8. The zero-order valence-electron chi connectivity index (χ0n) is 16.0. The number of nitrogens with zero attached hydrogens (tertiary/aromatic N) is 2. The summed E-state index contributed by atoms with van der Waals surface area (Å²) in [5, 5.41) is 2.88. The summed E-state index contributed by atoms with van der Waals surface area (Å²) in [6, 6.07) is 13.6. The van der Waals surface area contributed by atoms with Crippen LogP contribution in [-0.4, -0.2) is 35.7 Å². The molecule has 0 aliphatic rings. The van der Waals surface area contributed by atoms with Gasteiger partial charge in [-0.05, 0) is 36.2 Å². The maximum atomic E-state index is 12.0. The van der Waals surface area contributed by atoms with Gasteiger partial charge in [0.2, 0.25) is 0 Å². The van der Waals surface area contributed by atoms with Crippen molar-refractivity contribution in [3.05, 3.63) is 53.9 Å². The van der Waals surface area contributed by atoms with Gasteiger partial charge in [-0.15, -0.1) is 0 Å². The molecule has 0 saturated heterocycles. The van der Waals surface area contributed by atoms with Crippen molar-refractivity contribution in [2.75, 3.05) is 20.3 Å². The van der Waals surface area contributed by atoms with Gasteiger partial charge < -0.3 is 19.4 Å². The fourth-order valence-electron chi connectivity index (χ4n) is 2.92. The molecule has 0 aliphatic carbocycles. The summed E-state index contributed by atoms with van der Waals surface area (Å²) < 4.78 is 12.8. The van der Waals surface area contributed by atoms with E-state index in [4.69, 9.17) is 9.47 Å². The Kier molecular flexibility index (Phi) is 5.96. The Hall–Kier alpha value is -3.02. The second kappa shape index (κ2) is 8.58. The van der Waals surface area contributed by atoms with E-state index in [-0.39, 0.29) is 12.5 Å². The lowest BCUT2D eigenvalue weighted by molar-refractivity contribution is -0.123. The van der Waals surface area contributed by atoms with Crippen LogP contribution in [-0.2, 0) is 24.7 Å². The van der Waals surface area contributed by atoms with Crippen molar-refractivity contribution in [2.24, 2.45) is 7.05 Å². The number of ether oxygens (including phenoxy) is 2. The maximum absolute atomic E-state index is 12.0. The average molecular weight is 367 g/mol. The van der Waals surface area contributed by atoms with Crippen LogP contribution in [0.2, 0.25) is 0 Å². The third kappa shape index (κ3) is 4.58. The highest BCUT2D eigenvalue weighted by molar-refractivity contribution is 5.78. The first-order valence-electron chi connectivity index (χ1n) is 9.08. The molecule has 1 aromatic heterocycles. The van der Waals surface area contributed by atoms with Crippen LogP contribution in [0, 0.1) is 0 Å². The molecule has 0 bridgehead atoms. The molecule has 3 aromatic rings. The largest absolute Gasteiger partial charge is 0.497 e. The molecule has 1 amide bonds. The van der Waals surface area contributed by atoms with E-state index in [9.17, 15) is 4.79 Å². The number of aromatic nitrogens is 2. The fourth-order valence-corrected chi connectivity index (χ4v) is 2.92.